The Hall–Kier alpha value is -2.04. The number of nitrogens with zero attached hydrogens (tertiary/aromatic N) is 4. The van der Waals surface area contributed by atoms with E-state index in [0.717, 1.165) is 10.6 Å². The molecule has 1 atom stereocenters. The maximum absolute atomic E-state index is 12.8. The van der Waals surface area contributed by atoms with Crippen molar-refractivity contribution in [1.29, 1.82) is 0 Å². The van der Waals surface area contributed by atoms with Gasteiger partial charge in [-0.15, -0.1) is 21.5 Å². The molecule has 4 heterocycles. The van der Waals surface area contributed by atoms with Crippen LogP contribution in [0.15, 0.2) is 55.1 Å². The highest BCUT2D eigenvalue weighted by Gasteiger charge is 2.34. The predicted octanol–water partition coefficient (Wildman–Crippen LogP) is 4.06. The summed E-state index contributed by atoms with van der Waals surface area (Å²) in [5.74, 6) is 1.98. The lowest BCUT2D eigenvalue weighted by Crippen LogP contribution is -2.28. The van der Waals surface area contributed by atoms with E-state index in [1.807, 2.05) is 35.9 Å². The van der Waals surface area contributed by atoms with Crippen LogP contribution in [-0.4, -0.2) is 38.8 Å². The molecule has 3 aromatic heterocycles. The third-order valence-corrected chi connectivity index (χ3v) is 6.19. The number of carbonyl (C=O) groups excluding carboxylic acids is 1. The van der Waals surface area contributed by atoms with Gasteiger partial charge in [-0.3, -0.25) is 4.79 Å². The third-order valence-electron chi connectivity index (χ3n) is 3.88. The number of hydrogen-bond donors (Lipinski definition) is 0. The van der Waals surface area contributed by atoms with Crippen LogP contribution in [0.3, 0.4) is 0 Å². The van der Waals surface area contributed by atoms with Gasteiger partial charge in [-0.2, -0.15) is 16.9 Å². The largest absolute Gasteiger partial charge is 0.463 e. The third kappa shape index (κ3) is 4.12. The number of amides is 1. The van der Waals surface area contributed by atoms with E-state index in [2.05, 4.69) is 15.3 Å². The maximum atomic E-state index is 12.8. The Bertz CT molecular complexity index is 921. The molecule has 0 saturated carbocycles. The van der Waals surface area contributed by atoms with E-state index in [0.29, 0.717) is 29.0 Å². The molecule has 140 valence electrons. The molecule has 0 spiro atoms. The first-order chi connectivity index (χ1) is 13.2. The lowest BCUT2D eigenvalue weighted by Gasteiger charge is -2.20. The normalized spacial score (nSPS) is 16.7. The Labute approximate surface area is 168 Å². The highest BCUT2D eigenvalue weighted by Crippen LogP contribution is 2.35. The second-order valence-corrected chi connectivity index (χ2v) is 8.45. The number of rotatable bonds is 7. The fourth-order valence-corrected chi connectivity index (χ4v) is 4.51. The van der Waals surface area contributed by atoms with Crippen molar-refractivity contribution >= 4 is 46.5 Å². The predicted molar refractivity (Wildman–Crippen MR) is 106 cm³/mol. The standard InChI is InChI=1S/C17H16N4O3S3/c1-25-9-15-18-19-17(24-15)27-10-16(22)21-12(14-5-3-7-26-14)8-11(20-21)13-4-2-6-23-13/h2-7,12H,8-10H2,1H3. The first kappa shape index (κ1) is 18.3. The zero-order valence-corrected chi connectivity index (χ0v) is 16.9. The smallest absolute Gasteiger partial charge is 0.277 e. The van der Waals surface area contributed by atoms with E-state index in [-0.39, 0.29) is 17.7 Å². The van der Waals surface area contributed by atoms with Crippen molar-refractivity contribution in [3.63, 3.8) is 0 Å². The van der Waals surface area contributed by atoms with Crippen LogP contribution in [0.4, 0.5) is 0 Å². The number of hydrazone groups is 1. The monoisotopic (exact) mass is 420 g/mol. The second-order valence-electron chi connectivity index (χ2n) is 5.68. The second kappa shape index (κ2) is 8.32. The molecule has 0 saturated heterocycles. The van der Waals surface area contributed by atoms with Crippen LogP contribution in [0, 0.1) is 0 Å². The van der Waals surface area contributed by atoms with Gasteiger partial charge < -0.3 is 8.83 Å². The van der Waals surface area contributed by atoms with Gasteiger partial charge in [0.05, 0.1) is 23.8 Å². The molecule has 4 rings (SSSR count). The first-order valence-electron chi connectivity index (χ1n) is 8.15. The zero-order chi connectivity index (χ0) is 18.6. The summed E-state index contributed by atoms with van der Waals surface area (Å²) < 4.78 is 11.0. The van der Waals surface area contributed by atoms with Gasteiger partial charge in [0.15, 0.2) is 0 Å². The minimum Gasteiger partial charge on any atom is -0.463 e. The molecule has 0 fully saturated rings. The van der Waals surface area contributed by atoms with E-state index in [1.54, 1.807) is 34.4 Å². The van der Waals surface area contributed by atoms with Gasteiger partial charge >= 0.3 is 0 Å². The zero-order valence-electron chi connectivity index (χ0n) is 14.4. The molecule has 0 N–H and O–H groups in total. The molecule has 0 radical (unpaired) electrons. The molecule has 10 heteroatoms. The van der Waals surface area contributed by atoms with Crippen LogP contribution < -0.4 is 0 Å². The molecule has 1 aliphatic rings. The van der Waals surface area contributed by atoms with Gasteiger partial charge in [-0.05, 0) is 29.8 Å². The average molecular weight is 421 g/mol. The minimum absolute atomic E-state index is 0.107. The molecule has 1 aliphatic heterocycles. The molecule has 7 nitrogen and oxygen atoms in total. The Kier molecular flexibility index (Phi) is 5.65. The maximum Gasteiger partial charge on any atom is 0.277 e. The minimum atomic E-state index is -0.118. The van der Waals surface area contributed by atoms with Crippen LogP contribution in [0.5, 0.6) is 0 Å². The van der Waals surface area contributed by atoms with Crippen molar-refractivity contribution in [2.24, 2.45) is 5.10 Å². The van der Waals surface area contributed by atoms with Gasteiger partial charge in [0.1, 0.15) is 11.5 Å². The van der Waals surface area contributed by atoms with Gasteiger partial charge in [0.25, 0.3) is 11.1 Å². The lowest BCUT2D eigenvalue weighted by atomic mass is 10.1. The van der Waals surface area contributed by atoms with Crippen molar-refractivity contribution in [2.75, 3.05) is 12.0 Å². The quantitative estimate of drug-likeness (QED) is 0.533. The Morgan fingerprint density at radius 2 is 2.30 bits per heavy atom. The molecular weight excluding hydrogens is 404 g/mol. The summed E-state index contributed by atoms with van der Waals surface area (Å²) in [6, 6.07) is 7.57. The number of thiophene rings is 1. The lowest BCUT2D eigenvalue weighted by molar-refractivity contribution is -0.130. The molecule has 27 heavy (non-hydrogen) atoms. The van der Waals surface area contributed by atoms with Crippen molar-refractivity contribution in [2.45, 2.75) is 23.4 Å². The summed E-state index contributed by atoms with van der Waals surface area (Å²) in [6.07, 6.45) is 4.20. The first-order valence-corrected chi connectivity index (χ1v) is 11.4. The summed E-state index contributed by atoms with van der Waals surface area (Å²) in [4.78, 5) is 13.9. The molecule has 0 aliphatic carbocycles. The van der Waals surface area contributed by atoms with Crippen molar-refractivity contribution in [3.8, 4) is 0 Å². The summed E-state index contributed by atoms with van der Waals surface area (Å²) in [7, 11) is 0. The van der Waals surface area contributed by atoms with E-state index >= 15 is 0 Å². The number of hydrogen-bond acceptors (Lipinski definition) is 9. The fraction of sp³-hybridized carbons (Fsp3) is 0.294. The molecule has 0 bridgehead atoms. The van der Waals surface area contributed by atoms with Crippen LogP contribution in [0.1, 0.15) is 29.0 Å². The van der Waals surface area contributed by atoms with Gasteiger partial charge in [0, 0.05) is 11.3 Å². The van der Waals surface area contributed by atoms with E-state index in [1.165, 1.54) is 11.8 Å². The molecular formula is C17H16N4O3S3. The number of aromatic nitrogens is 2. The van der Waals surface area contributed by atoms with Crippen LogP contribution in [-0.2, 0) is 10.5 Å². The van der Waals surface area contributed by atoms with Gasteiger partial charge in [0.2, 0.25) is 5.89 Å². The van der Waals surface area contributed by atoms with E-state index in [4.69, 9.17) is 8.83 Å². The number of carbonyl (C=O) groups is 1. The summed E-state index contributed by atoms with van der Waals surface area (Å²) >= 11 is 4.45. The SMILES string of the molecule is CSCc1nnc(SCC(=O)N2N=C(c3ccco3)CC2c2cccs2)o1. The Balaban J connectivity index is 1.48. The fourth-order valence-electron chi connectivity index (χ4n) is 2.70. The van der Waals surface area contributed by atoms with E-state index in [9.17, 15) is 4.79 Å². The Morgan fingerprint density at radius 3 is 3.04 bits per heavy atom. The van der Waals surface area contributed by atoms with Crippen molar-refractivity contribution in [1.82, 2.24) is 15.2 Å². The highest BCUT2D eigenvalue weighted by molar-refractivity contribution is 7.99. The Morgan fingerprint density at radius 1 is 1.37 bits per heavy atom. The number of thioether (sulfide) groups is 2. The van der Waals surface area contributed by atoms with Crippen molar-refractivity contribution in [3.05, 3.63) is 52.4 Å². The summed E-state index contributed by atoms with van der Waals surface area (Å²) in [5.41, 5.74) is 0.775. The molecule has 3 aromatic rings. The van der Waals surface area contributed by atoms with Gasteiger partial charge in [-0.25, -0.2) is 5.01 Å². The molecule has 0 aromatic carbocycles. The van der Waals surface area contributed by atoms with Crippen LogP contribution in [0.25, 0.3) is 0 Å². The topological polar surface area (TPSA) is 84.7 Å². The van der Waals surface area contributed by atoms with E-state index < -0.39 is 0 Å². The van der Waals surface area contributed by atoms with Gasteiger partial charge in [-0.1, -0.05) is 17.8 Å². The summed E-state index contributed by atoms with van der Waals surface area (Å²) in [5, 5.41) is 16.4. The number of furan rings is 1. The average Bonchev–Trinajstić information content (AvgIpc) is 3.47. The molecule has 1 amide bonds. The van der Waals surface area contributed by atoms with Crippen LogP contribution in [0.2, 0.25) is 0 Å². The van der Waals surface area contributed by atoms with Crippen molar-refractivity contribution < 1.29 is 13.6 Å². The summed E-state index contributed by atoms with van der Waals surface area (Å²) in [6.45, 7) is 0. The molecule has 1 unspecified atom stereocenters. The van der Waals surface area contributed by atoms with Crippen LogP contribution >= 0.6 is 34.9 Å². The highest BCUT2D eigenvalue weighted by atomic mass is 32.2.